The fraction of sp³-hybridized carbons (Fsp3) is 0.833. The van der Waals surface area contributed by atoms with Crippen LogP contribution in [0.3, 0.4) is 0 Å². The van der Waals surface area contributed by atoms with E-state index in [9.17, 15) is 14.7 Å². The Morgan fingerprint density at radius 3 is 2.55 bits per heavy atom. The Kier molecular flexibility index (Phi) is 5.16. The molecule has 114 valence electrons. The Balaban J connectivity index is 1.70. The van der Waals surface area contributed by atoms with Gasteiger partial charge < -0.3 is 25.2 Å². The molecule has 2 fully saturated rings. The largest absolute Gasteiger partial charge is 0.479 e. The number of carbonyl (C=O) groups excluding carboxylic acids is 1. The molecule has 8 heteroatoms. The number of rotatable bonds is 5. The molecule has 0 spiro atoms. The Hall–Kier alpha value is -1.38. The summed E-state index contributed by atoms with van der Waals surface area (Å²) in [6.07, 6.45) is 0.291. The van der Waals surface area contributed by atoms with Crippen LogP contribution in [0, 0.1) is 0 Å². The first kappa shape index (κ1) is 15.0. The number of aliphatic carboxylic acids is 1. The number of morpholine rings is 1. The minimum Gasteiger partial charge on any atom is -0.479 e. The molecule has 0 bridgehead atoms. The number of carbonyl (C=O) groups is 2. The number of urea groups is 1. The van der Waals surface area contributed by atoms with Crippen molar-refractivity contribution in [3.63, 3.8) is 0 Å². The van der Waals surface area contributed by atoms with Gasteiger partial charge in [-0.05, 0) is 0 Å². The predicted octanol–water partition coefficient (Wildman–Crippen LogP) is -1.14. The number of ether oxygens (including phenoxy) is 2. The van der Waals surface area contributed by atoms with Crippen molar-refractivity contribution in [2.75, 3.05) is 52.6 Å². The Bertz CT molecular complexity index is 351. The minimum absolute atomic E-state index is 0.0131. The lowest BCUT2D eigenvalue weighted by molar-refractivity contribution is -0.144. The average Bonchev–Trinajstić information content (AvgIpc) is 2.90. The van der Waals surface area contributed by atoms with Crippen LogP contribution in [0.2, 0.25) is 0 Å². The summed E-state index contributed by atoms with van der Waals surface area (Å²) in [5.74, 6) is -1.06. The number of nitrogens with one attached hydrogen (secondary N) is 2. The van der Waals surface area contributed by atoms with Gasteiger partial charge in [-0.3, -0.25) is 4.90 Å². The van der Waals surface area contributed by atoms with Crippen LogP contribution in [-0.2, 0) is 14.3 Å². The topological polar surface area (TPSA) is 100 Å². The summed E-state index contributed by atoms with van der Waals surface area (Å²) in [5.41, 5.74) is -1.29. The van der Waals surface area contributed by atoms with Crippen molar-refractivity contribution in [2.45, 2.75) is 12.0 Å². The van der Waals surface area contributed by atoms with E-state index in [4.69, 9.17) is 9.47 Å². The van der Waals surface area contributed by atoms with Gasteiger partial charge in [0, 0.05) is 39.2 Å². The van der Waals surface area contributed by atoms with E-state index >= 15 is 0 Å². The zero-order chi connectivity index (χ0) is 14.4. The van der Waals surface area contributed by atoms with Crippen molar-refractivity contribution >= 4 is 12.0 Å². The number of amides is 2. The fourth-order valence-electron chi connectivity index (χ4n) is 2.30. The van der Waals surface area contributed by atoms with E-state index in [1.54, 1.807) is 0 Å². The zero-order valence-electron chi connectivity index (χ0n) is 11.4. The highest BCUT2D eigenvalue weighted by Crippen LogP contribution is 2.18. The lowest BCUT2D eigenvalue weighted by Gasteiger charge is -2.27. The van der Waals surface area contributed by atoms with Gasteiger partial charge in [0.05, 0.1) is 19.8 Å². The van der Waals surface area contributed by atoms with Gasteiger partial charge in [0.25, 0.3) is 0 Å². The molecular formula is C12H21N3O5. The monoisotopic (exact) mass is 287 g/mol. The van der Waals surface area contributed by atoms with Crippen LogP contribution in [-0.4, -0.2) is 80.2 Å². The zero-order valence-corrected chi connectivity index (χ0v) is 11.4. The van der Waals surface area contributed by atoms with Crippen LogP contribution in [0.15, 0.2) is 0 Å². The molecule has 0 aromatic carbocycles. The SMILES string of the molecule is O=C(NCCN1CCOCC1)NC1(C(=O)O)CCOC1. The summed E-state index contributed by atoms with van der Waals surface area (Å²) in [4.78, 5) is 25.2. The number of carboxylic acid groups (broad SMARTS) is 1. The van der Waals surface area contributed by atoms with Gasteiger partial charge in [-0.25, -0.2) is 9.59 Å². The first-order valence-electron chi connectivity index (χ1n) is 6.80. The molecule has 0 aliphatic carbocycles. The van der Waals surface area contributed by atoms with Crippen molar-refractivity contribution in [1.82, 2.24) is 15.5 Å². The highest BCUT2D eigenvalue weighted by Gasteiger charge is 2.43. The first-order valence-corrected chi connectivity index (χ1v) is 6.80. The van der Waals surface area contributed by atoms with Crippen molar-refractivity contribution < 1.29 is 24.2 Å². The van der Waals surface area contributed by atoms with E-state index in [2.05, 4.69) is 15.5 Å². The maximum absolute atomic E-state index is 11.8. The van der Waals surface area contributed by atoms with E-state index in [0.717, 1.165) is 19.6 Å². The maximum atomic E-state index is 11.8. The summed E-state index contributed by atoms with van der Waals surface area (Å²) in [5, 5.41) is 14.4. The van der Waals surface area contributed by atoms with E-state index in [-0.39, 0.29) is 6.61 Å². The molecule has 0 saturated carbocycles. The highest BCUT2D eigenvalue weighted by atomic mass is 16.5. The summed E-state index contributed by atoms with van der Waals surface area (Å²) >= 11 is 0. The number of nitrogens with zero attached hydrogens (tertiary/aromatic N) is 1. The number of carboxylic acids is 1. The summed E-state index contributed by atoms with van der Waals surface area (Å²) in [6.45, 7) is 4.71. The van der Waals surface area contributed by atoms with Gasteiger partial charge in [-0.2, -0.15) is 0 Å². The lowest BCUT2D eigenvalue weighted by atomic mass is 9.99. The van der Waals surface area contributed by atoms with Crippen LogP contribution < -0.4 is 10.6 Å². The van der Waals surface area contributed by atoms with Gasteiger partial charge in [0.1, 0.15) is 0 Å². The third-order valence-corrected chi connectivity index (χ3v) is 3.60. The van der Waals surface area contributed by atoms with Gasteiger partial charge in [-0.15, -0.1) is 0 Å². The molecule has 1 atom stereocenters. The van der Waals surface area contributed by atoms with Gasteiger partial charge in [0.15, 0.2) is 5.54 Å². The normalized spacial score (nSPS) is 27.2. The van der Waals surface area contributed by atoms with Crippen LogP contribution in [0.1, 0.15) is 6.42 Å². The summed E-state index contributed by atoms with van der Waals surface area (Å²) < 4.78 is 10.3. The third-order valence-electron chi connectivity index (χ3n) is 3.60. The molecule has 20 heavy (non-hydrogen) atoms. The van der Waals surface area contributed by atoms with Crippen molar-refractivity contribution in [1.29, 1.82) is 0 Å². The van der Waals surface area contributed by atoms with Crippen molar-refractivity contribution in [3.8, 4) is 0 Å². The van der Waals surface area contributed by atoms with Crippen molar-refractivity contribution in [3.05, 3.63) is 0 Å². The van der Waals surface area contributed by atoms with E-state index in [1.165, 1.54) is 0 Å². The Morgan fingerprint density at radius 2 is 1.95 bits per heavy atom. The molecule has 2 heterocycles. The summed E-state index contributed by atoms with van der Waals surface area (Å²) in [7, 11) is 0. The van der Waals surface area contributed by atoms with E-state index < -0.39 is 17.5 Å². The molecule has 2 saturated heterocycles. The molecule has 2 amide bonds. The molecule has 8 nitrogen and oxygen atoms in total. The second-order valence-electron chi connectivity index (χ2n) is 5.02. The second kappa shape index (κ2) is 6.87. The summed E-state index contributed by atoms with van der Waals surface area (Å²) in [6, 6.07) is -0.467. The predicted molar refractivity (Wildman–Crippen MR) is 69.6 cm³/mol. The fourth-order valence-corrected chi connectivity index (χ4v) is 2.30. The Labute approximate surface area is 117 Å². The third kappa shape index (κ3) is 3.81. The quantitative estimate of drug-likeness (QED) is 0.591. The number of hydrogen-bond acceptors (Lipinski definition) is 5. The van der Waals surface area contributed by atoms with Gasteiger partial charge >= 0.3 is 12.0 Å². The van der Waals surface area contributed by atoms with Crippen LogP contribution in [0.25, 0.3) is 0 Å². The van der Waals surface area contributed by atoms with Crippen molar-refractivity contribution in [2.24, 2.45) is 0 Å². The van der Waals surface area contributed by atoms with E-state index in [0.29, 0.717) is 32.8 Å². The molecule has 2 aliphatic rings. The highest BCUT2D eigenvalue weighted by molar-refractivity contribution is 5.86. The number of hydrogen-bond donors (Lipinski definition) is 3. The molecule has 2 rings (SSSR count). The maximum Gasteiger partial charge on any atom is 0.332 e. The van der Waals surface area contributed by atoms with Gasteiger partial charge in [-0.1, -0.05) is 0 Å². The van der Waals surface area contributed by atoms with Crippen LogP contribution in [0.5, 0.6) is 0 Å². The van der Waals surface area contributed by atoms with Crippen LogP contribution in [0.4, 0.5) is 4.79 Å². The minimum atomic E-state index is -1.29. The van der Waals surface area contributed by atoms with Gasteiger partial charge in [0.2, 0.25) is 0 Å². The van der Waals surface area contributed by atoms with Crippen LogP contribution >= 0.6 is 0 Å². The molecule has 1 unspecified atom stereocenters. The average molecular weight is 287 g/mol. The molecule has 0 aromatic heterocycles. The Morgan fingerprint density at radius 1 is 1.20 bits per heavy atom. The smallest absolute Gasteiger partial charge is 0.332 e. The molecule has 0 radical (unpaired) electrons. The first-order chi connectivity index (χ1) is 9.62. The molecule has 0 aromatic rings. The standard InChI is InChI=1S/C12H21N3O5/c16-10(17)12(1-6-20-9-12)14-11(18)13-2-3-15-4-7-19-8-5-15/h1-9H2,(H,16,17)(H2,13,14,18). The molecule has 2 aliphatic heterocycles. The second-order valence-corrected chi connectivity index (χ2v) is 5.02. The molecular weight excluding hydrogens is 266 g/mol. The van der Waals surface area contributed by atoms with E-state index in [1.807, 2.05) is 0 Å². The molecule has 3 N–H and O–H groups in total. The lowest BCUT2D eigenvalue weighted by Crippen LogP contribution is -2.58.